The van der Waals surface area contributed by atoms with Gasteiger partial charge in [0.2, 0.25) is 5.91 Å². The molecule has 1 amide bonds. The van der Waals surface area contributed by atoms with Crippen LogP contribution in [0, 0.1) is 0 Å². The second-order valence-electron chi connectivity index (χ2n) is 6.09. The number of amides is 1. The summed E-state index contributed by atoms with van der Waals surface area (Å²) in [7, 11) is 0. The highest BCUT2D eigenvalue weighted by molar-refractivity contribution is 5.92. The highest BCUT2D eigenvalue weighted by Crippen LogP contribution is 2.18. The van der Waals surface area contributed by atoms with Crippen molar-refractivity contribution >= 4 is 5.91 Å². The summed E-state index contributed by atoms with van der Waals surface area (Å²) in [5, 5.41) is 4.72. The molecule has 1 aromatic carbocycles. The molecule has 0 bridgehead atoms. The van der Waals surface area contributed by atoms with Crippen LogP contribution < -0.4 is 5.73 Å². The van der Waals surface area contributed by atoms with Gasteiger partial charge in [0.25, 0.3) is 0 Å². The predicted octanol–water partition coefficient (Wildman–Crippen LogP) is 1.78. The third kappa shape index (κ3) is 2.90. The van der Waals surface area contributed by atoms with Crippen LogP contribution >= 0.6 is 0 Å². The van der Waals surface area contributed by atoms with Crippen LogP contribution in [-0.2, 0) is 12.8 Å². The Hall–Kier alpha value is -2.14. The molecule has 2 N–H and O–H groups in total. The van der Waals surface area contributed by atoms with E-state index in [1.807, 2.05) is 16.8 Å². The lowest BCUT2D eigenvalue weighted by Crippen LogP contribution is -2.33. The topological polar surface area (TPSA) is 64.2 Å². The van der Waals surface area contributed by atoms with Gasteiger partial charge in [0.15, 0.2) is 0 Å². The number of primary amides is 1. The fourth-order valence-corrected chi connectivity index (χ4v) is 2.92. The van der Waals surface area contributed by atoms with E-state index < -0.39 is 5.91 Å². The molecule has 1 aliphatic heterocycles. The molecule has 0 spiro atoms. The molecule has 0 saturated carbocycles. The summed E-state index contributed by atoms with van der Waals surface area (Å²) >= 11 is 0. The van der Waals surface area contributed by atoms with Crippen molar-refractivity contribution in [3.63, 3.8) is 0 Å². The molecule has 1 aliphatic rings. The molecule has 0 unspecified atom stereocenters. The van der Waals surface area contributed by atoms with Crippen LogP contribution in [0.25, 0.3) is 5.69 Å². The van der Waals surface area contributed by atoms with E-state index in [-0.39, 0.29) is 0 Å². The van der Waals surface area contributed by atoms with Crippen LogP contribution in [0.3, 0.4) is 0 Å². The maximum absolute atomic E-state index is 11.1. The number of carbonyl (C=O) groups excluding carboxylic acids is 1. The number of fused-ring (bicyclic) bond motifs is 1. The highest BCUT2D eigenvalue weighted by atomic mass is 16.1. The zero-order valence-corrected chi connectivity index (χ0v) is 13.1. The quantitative estimate of drug-likeness (QED) is 0.939. The lowest BCUT2D eigenvalue weighted by atomic mass is 10.1. The first-order valence-corrected chi connectivity index (χ1v) is 7.76. The van der Waals surface area contributed by atoms with E-state index in [2.05, 4.69) is 24.9 Å². The van der Waals surface area contributed by atoms with E-state index in [1.165, 1.54) is 11.3 Å². The van der Waals surface area contributed by atoms with Gasteiger partial charge in [0.1, 0.15) is 0 Å². The number of nitrogens with zero attached hydrogens (tertiary/aromatic N) is 3. The van der Waals surface area contributed by atoms with Crippen molar-refractivity contribution in [3.8, 4) is 5.69 Å². The second kappa shape index (κ2) is 5.93. The number of carbonyl (C=O) groups is 1. The Bertz CT molecular complexity index is 647. The minimum atomic E-state index is -0.406. The molecular formula is C17H22N4O. The molecule has 1 aromatic heterocycles. The minimum absolute atomic E-state index is 0.406. The predicted molar refractivity (Wildman–Crippen MR) is 86.2 cm³/mol. The summed E-state index contributed by atoms with van der Waals surface area (Å²) in [6, 6.07) is 7.83. The average Bonchev–Trinajstić information content (AvgIpc) is 2.80. The summed E-state index contributed by atoms with van der Waals surface area (Å²) in [4.78, 5) is 13.6. The molecule has 0 aliphatic carbocycles. The fraction of sp³-hybridized carbons (Fsp3) is 0.412. The number of rotatable bonds is 3. The first-order valence-electron chi connectivity index (χ1n) is 7.76. The monoisotopic (exact) mass is 298 g/mol. The Morgan fingerprint density at radius 3 is 2.50 bits per heavy atom. The molecule has 0 fully saturated rings. The van der Waals surface area contributed by atoms with Crippen LogP contribution in [0.15, 0.2) is 30.5 Å². The van der Waals surface area contributed by atoms with Gasteiger partial charge in [-0.15, -0.1) is 0 Å². The van der Waals surface area contributed by atoms with Crippen LogP contribution in [0.4, 0.5) is 0 Å². The standard InChI is InChI=1S/C17H22N4O/c1-12(2)20-9-7-14-11-21(19-16(14)8-10-20)15-5-3-13(4-6-15)17(18)22/h3-6,11-12H,7-10H2,1-2H3,(H2,18,22). The van der Waals surface area contributed by atoms with Crippen molar-refractivity contribution in [2.24, 2.45) is 5.73 Å². The molecule has 22 heavy (non-hydrogen) atoms. The molecule has 116 valence electrons. The van der Waals surface area contributed by atoms with Gasteiger partial charge in [0, 0.05) is 37.3 Å². The minimum Gasteiger partial charge on any atom is -0.366 e. The third-order valence-corrected chi connectivity index (χ3v) is 4.33. The first-order chi connectivity index (χ1) is 10.5. The molecular weight excluding hydrogens is 276 g/mol. The van der Waals surface area contributed by atoms with E-state index in [1.54, 1.807) is 12.1 Å². The number of benzene rings is 1. The zero-order chi connectivity index (χ0) is 15.7. The van der Waals surface area contributed by atoms with Crippen molar-refractivity contribution < 1.29 is 4.79 Å². The normalized spacial score (nSPS) is 15.6. The molecule has 0 atom stereocenters. The Kier molecular flexibility index (Phi) is 3.98. The molecule has 3 rings (SSSR count). The molecule has 2 aromatic rings. The van der Waals surface area contributed by atoms with Crippen molar-refractivity contribution in [2.75, 3.05) is 13.1 Å². The van der Waals surface area contributed by atoms with Gasteiger partial charge in [0.05, 0.1) is 11.4 Å². The van der Waals surface area contributed by atoms with Crippen LogP contribution in [-0.4, -0.2) is 39.7 Å². The number of hydrogen-bond donors (Lipinski definition) is 1. The van der Waals surface area contributed by atoms with Gasteiger partial charge in [-0.1, -0.05) is 0 Å². The Balaban J connectivity index is 1.81. The largest absolute Gasteiger partial charge is 0.366 e. The summed E-state index contributed by atoms with van der Waals surface area (Å²) in [6.45, 7) is 6.62. The van der Waals surface area contributed by atoms with Crippen molar-refractivity contribution in [2.45, 2.75) is 32.7 Å². The smallest absolute Gasteiger partial charge is 0.248 e. The second-order valence-corrected chi connectivity index (χ2v) is 6.09. The van der Waals surface area contributed by atoms with E-state index in [0.717, 1.165) is 31.6 Å². The van der Waals surface area contributed by atoms with E-state index in [9.17, 15) is 4.79 Å². The lowest BCUT2D eigenvalue weighted by molar-refractivity contribution is 0.100. The summed E-state index contributed by atoms with van der Waals surface area (Å²) in [6.07, 6.45) is 4.13. The van der Waals surface area contributed by atoms with Crippen LogP contribution in [0.2, 0.25) is 0 Å². The third-order valence-electron chi connectivity index (χ3n) is 4.33. The summed E-state index contributed by atoms with van der Waals surface area (Å²) < 4.78 is 1.90. The average molecular weight is 298 g/mol. The molecule has 0 radical (unpaired) electrons. The number of nitrogens with two attached hydrogens (primary N) is 1. The Labute approximate surface area is 130 Å². The van der Waals surface area contributed by atoms with Gasteiger partial charge in [-0.05, 0) is 50.1 Å². The fourth-order valence-electron chi connectivity index (χ4n) is 2.92. The molecule has 0 saturated heterocycles. The summed E-state index contributed by atoms with van der Waals surface area (Å²) in [5.41, 5.74) is 9.25. The van der Waals surface area contributed by atoms with E-state index in [4.69, 9.17) is 10.8 Å². The van der Waals surface area contributed by atoms with Crippen molar-refractivity contribution in [1.29, 1.82) is 0 Å². The van der Waals surface area contributed by atoms with Crippen LogP contribution in [0.5, 0.6) is 0 Å². The maximum Gasteiger partial charge on any atom is 0.248 e. The van der Waals surface area contributed by atoms with Crippen molar-refractivity contribution in [3.05, 3.63) is 47.3 Å². The Morgan fingerprint density at radius 2 is 1.86 bits per heavy atom. The zero-order valence-electron chi connectivity index (χ0n) is 13.1. The van der Waals surface area contributed by atoms with E-state index >= 15 is 0 Å². The van der Waals surface area contributed by atoms with Gasteiger partial charge in [-0.2, -0.15) is 5.10 Å². The first kappa shape index (κ1) is 14.8. The highest BCUT2D eigenvalue weighted by Gasteiger charge is 2.19. The number of aromatic nitrogens is 2. The summed E-state index contributed by atoms with van der Waals surface area (Å²) in [5.74, 6) is -0.406. The Morgan fingerprint density at radius 1 is 1.18 bits per heavy atom. The van der Waals surface area contributed by atoms with Crippen molar-refractivity contribution in [1.82, 2.24) is 14.7 Å². The van der Waals surface area contributed by atoms with E-state index in [0.29, 0.717) is 11.6 Å². The molecule has 5 nitrogen and oxygen atoms in total. The van der Waals surface area contributed by atoms with Gasteiger partial charge >= 0.3 is 0 Å². The molecule has 5 heteroatoms. The SMILES string of the molecule is CC(C)N1CCc2cn(-c3ccc(C(N)=O)cc3)nc2CC1. The van der Waals surface area contributed by atoms with Gasteiger partial charge < -0.3 is 10.6 Å². The van der Waals surface area contributed by atoms with Gasteiger partial charge in [-0.3, -0.25) is 4.79 Å². The van der Waals surface area contributed by atoms with Crippen LogP contribution in [0.1, 0.15) is 35.5 Å². The lowest BCUT2D eigenvalue weighted by Gasteiger charge is -2.23. The number of hydrogen-bond acceptors (Lipinski definition) is 3. The maximum atomic E-state index is 11.1. The van der Waals surface area contributed by atoms with Gasteiger partial charge in [-0.25, -0.2) is 4.68 Å². The molecule has 2 heterocycles.